The number of unbranched alkanes of at least 4 members (excludes halogenated alkanes) is 18. The second-order valence-electron chi connectivity index (χ2n) is 13.8. The molecule has 0 radical (unpaired) electrons. The zero-order valence-corrected chi connectivity index (χ0v) is 29.2. The van der Waals surface area contributed by atoms with Crippen molar-refractivity contribution in [3.63, 3.8) is 0 Å². The SMILES string of the molecule is CCCCCCCCCCCCN1/C(=C/C=C/C2=[N+](CCCCCCCCCCCC)c3ccccc3C2)Cc2ccccc21. The number of anilines is 1. The van der Waals surface area contributed by atoms with Crippen molar-refractivity contribution in [3.05, 3.63) is 83.6 Å². The molecule has 0 saturated heterocycles. The molecule has 0 fully saturated rings. The van der Waals surface area contributed by atoms with Crippen LogP contribution in [0.25, 0.3) is 0 Å². The van der Waals surface area contributed by atoms with Crippen molar-refractivity contribution >= 4 is 17.1 Å². The minimum absolute atomic E-state index is 1.05. The molecular formula is C43H65N2+. The van der Waals surface area contributed by atoms with Crippen molar-refractivity contribution in [1.29, 1.82) is 0 Å². The zero-order valence-electron chi connectivity index (χ0n) is 29.2. The molecular weight excluding hydrogens is 544 g/mol. The van der Waals surface area contributed by atoms with Crippen molar-refractivity contribution in [2.75, 3.05) is 18.0 Å². The van der Waals surface area contributed by atoms with Gasteiger partial charge in [-0.2, -0.15) is 4.58 Å². The van der Waals surface area contributed by atoms with Gasteiger partial charge in [-0.3, -0.25) is 0 Å². The van der Waals surface area contributed by atoms with Crippen molar-refractivity contribution in [1.82, 2.24) is 0 Å². The van der Waals surface area contributed by atoms with Crippen molar-refractivity contribution < 1.29 is 4.58 Å². The Labute approximate surface area is 277 Å². The number of fused-ring (bicyclic) bond motifs is 2. The number of allylic oxidation sites excluding steroid dienone is 4. The molecule has 246 valence electrons. The second-order valence-corrected chi connectivity index (χ2v) is 13.8. The van der Waals surface area contributed by atoms with Crippen LogP contribution in [0.1, 0.15) is 153 Å². The van der Waals surface area contributed by atoms with Crippen LogP contribution in [0.4, 0.5) is 11.4 Å². The fourth-order valence-electron chi connectivity index (χ4n) is 7.35. The van der Waals surface area contributed by atoms with E-state index < -0.39 is 0 Å². The molecule has 0 saturated carbocycles. The largest absolute Gasteiger partial charge is 0.345 e. The molecule has 2 nitrogen and oxygen atoms in total. The van der Waals surface area contributed by atoms with E-state index in [1.54, 1.807) is 0 Å². The van der Waals surface area contributed by atoms with Crippen molar-refractivity contribution in [2.24, 2.45) is 0 Å². The van der Waals surface area contributed by atoms with E-state index in [-0.39, 0.29) is 0 Å². The van der Waals surface area contributed by atoms with Crippen LogP contribution in [0, 0.1) is 0 Å². The molecule has 4 rings (SSSR count). The fraction of sp³-hybridized carbons (Fsp3) is 0.605. The summed E-state index contributed by atoms with van der Waals surface area (Å²) >= 11 is 0. The molecule has 0 aliphatic carbocycles. The first-order chi connectivity index (χ1) is 22.3. The Morgan fingerprint density at radius 2 is 1.11 bits per heavy atom. The quantitative estimate of drug-likeness (QED) is 0.0847. The summed E-state index contributed by atoms with van der Waals surface area (Å²) in [6, 6.07) is 18.1. The van der Waals surface area contributed by atoms with Crippen LogP contribution in [0.15, 0.2) is 72.5 Å². The molecule has 0 bridgehead atoms. The van der Waals surface area contributed by atoms with Gasteiger partial charge in [0.2, 0.25) is 5.69 Å². The topological polar surface area (TPSA) is 6.25 Å². The van der Waals surface area contributed by atoms with E-state index >= 15 is 0 Å². The number of rotatable bonds is 24. The minimum atomic E-state index is 1.05. The molecule has 0 N–H and O–H groups in total. The first-order valence-corrected chi connectivity index (χ1v) is 19.3. The van der Waals surface area contributed by atoms with Gasteiger partial charge in [-0.05, 0) is 30.5 Å². The molecule has 0 amide bonds. The van der Waals surface area contributed by atoms with E-state index in [9.17, 15) is 0 Å². The van der Waals surface area contributed by atoms with E-state index in [0.717, 1.165) is 25.9 Å². The highest BCUT2D eigenvalue weighted by Gasteiger charge is 2.27. The number of hydrogen-bond donors (Lipinski definition) is 0. The van der Waals surface area contributed by atoms with Gasteiger partial charge in [0.15, 0.2) is 5.71 Å². The monoisotopic (exact) mass is 610 g/mol. The summed E-state index contributed by atoms with van der Waals surface area (Å²) in [5.74, 6) is 0. The molecule has 2 heterocycles. The summed E-state index contributed by atoms with van der Waals surface area (Å²) in [5, 5.41) is 0. The Balaban J connectivity index is 1.28. The van der Waals surface area contributed by atoms with E-state index in [1.807, 2.05) is 0 Å². The Hall–Kier alpha value is -2.61. The molecule has 0 aromatic heterocycles. The molecule has 2 aliphatic heterocycles. The maximum Gasteiger partial charge on any atom is 0.209 e. The van der Waals surface area contributed by atoms with Gasteiger partial charge >= 0.3 is 0 Å². The van der Waals surface area contributed by atoms with Gasteiger partial charge in [-0.15, -0.1) is 0 Å². The van der Waals surface area contributed by atoms with Gasteiger partial charge in [-0.25, -0.2) is 0 Å². The second kappa shape index (κ2) is 21.2. The lowest BCUT2D eigenvalue weighted by molar-refractivity contribution is -0.437. The highest BCUT2D eigenvalue weighted by atomic mass is 15.2. The van der Waals surface area contributed by atoms with Gasteiger partial charge in [0.1, 0.15) is 6.54 Å². The predicted octanol–water partition coefficient (Wildman–Crippen LogP) is 12.7. The average molecular weight is 610 g/mol. The van der Waals surface area contributed by atoms with Gasteiger partial charge < -0.3 is 4.90 Å². The normalized spacial score (nSPS) is 15.2. The molecule has 2 aliphatic rings. The van der Waals surface area contributed by atoms with E-state index in [4.69, 9.17) is 0 Å². The third-order valence-electron chi connectivity index (χ3n) is 10.0. The summed E-state index contributed by atoms with van der Waals surface area (Å²) in [7, 11) is 0. The smallest absolute Gasteiger partial charge is 0.209 e. The van der Waals surface area contributed by atoms with Gasteiger partial charge in [-0.1, -0.05) is 165 Å². The zero-order chi connectivity index (χ0) is 31.4. The van der Waals surface area contributed by atoms with Crippen LogP contribution in [0.3, 0.4) is 0 Å². The van der Waals surface area contributed by atoms with Crippen LogP contribution in [0.2, 0.25) is 0 Å². The standard InChI is InChI=1S/C43H65N2/c1-3-5-7-9-11-13-15-17-19-25-34-44-40(36-38-28-21-23-32-42(38)44)30-27-31-41-37-39-29-22-24-33-43(39)45(41)35-26-20-18-16-14-12-10-8-6-4-2/h21-24,27-33H,3-20,25-26,34-37H2,1-2H3/q+1. The first kappa shape index (κ1) is 35.2. The lowest BCUT2D eigenvalue weighted by Gasteiger charge is -2.21. The van der Waals surface area contributed by atoms with Crippen LogP contribution in [-0.2, 0) is 12.8 Å². The maximum absolute atomic E-state index is 2.61. The van der Waals surface area contributed by atoms with Gasteiger partial charge in [0, 0.05) is 48.5 Å². The molecule has 2 heteroatoms. The summed E-state index contributed by atoms with van der Waals surface area (Å²) in [5.41, 5.74) is 8.73. The molecule has 2 aromatic carbocycles. The summed E-state index contributed by atoms with van der Waals surface area (Å²) in [6.45, 7) is 6.88. The fourth-order valence-corrected chi connectivity index (χ4v) is 7.35. The Bertz CT molecular complexity index is 1200. The number of benzene rings is 2. The van der Waals surface area contributed by atoms with Crippen LogP contribution < -0.4 is 4.90 Å². The average Bonchev–Trinajstić information content (AvgIpc) is 3.60. The molecule has 45 heavy (non-hydrogen) atoms. The number of para-hydroxylation sites is 2. The Morgan fingerprint density at radius 3 is 1.76 bits per heavy atom. The van der Waals surface area contributed by atoms with Crippen molar-refractivity contribution in [3.8, 4) is 0 Å². The lowest BCUT2D eigenvalue weighted by atomic mass is 10.1. The Kier molecular flexibility index (Phi) is 16.6. The third-order valence-corrected chi connectivity index (χ3v) is 10.0. The van der Waals surface area contributed by atoms with Crippen LogP contribution >= 0.6 is 0 Å². The van der Waals surface area contributed by atoms with E-state index in [2.05, 4.69) is 90.1 Å². The van der Waals surface area contributed by atoms with Crippen LogP contribution in [0.5, 0.6) is 0 Å². The molecule has 0 spiro atoms. The van der Waals surface area contributed by atoms with Crippen molar-refractivity contribution in [2.45, 2.75) is 155 Å². The highest BCUT2D eigenvalue weighted by molar-refractivity contribution is 5.96. The molecule has 0 unspecified atom stereocenters. The highest BCUT2D eigenvalue weighted by Crippen LogP contribution is 2.35. The Morgan fingerprint density at radius 1 is 0.578 bits per heavy atom. The van der Waals surface area contributed by atoms with Gasteiger partial charge in [0.05, 0.1) is 6.42 Å². The summed E-state index contributed by atoms with van der Waals surface area (Å²) in [4.78, 5) is 2.61. The van der Waals surface area contributed by atoms with E-state index in [0.29, 0.717) is 0 Å². The van der Waals surface area contributed by atoms with Crippen LogP contribution in [-0.4, -0.2) is 23.4 Å². The summed E-state index contributed by atoms with van der Waals surface area (Å²) < 4.78 is 2.61. The van der Waals surface area contributed by atoms with E-state index in [1.165, 1.54) is 162 Å². The first-order valence-electron chi connectivity index (χ1n) is 19.3. The number of nitrogens with zero attached hydrogens (tertiary/aromatic N) is 2. The molecule has 0 atom stereocenters. The number of hydrogen-bond acceptors (Lipinski definition) is 1. The maximum atomic E-state index is 2.61. The third kappa shape index (κ3) is 11.9. The predicted molar refractivity (Wildman–Crippen MR) is 198 cm³/mol. The lowest BCUT2D eigenvalue weighted by Crippen LogP contribution is -2.20. The molecule has 2 aromatic rings. The summed E-state index contributed by atoms with van der Waals surface area (Å²) in [6.07, 6.45) is 37.0. The van der Waals surface area contributed by atoms with Gasteiger partial charge in [0.25, 0.3) is 0 Å². The minimum Gasteiger partial charge on any atom is -0.345 e.